The molecule has 8 heteroatoms. The van der Waals surface area contributed by atoms with E-state index in [-0.39, 0.29) is 17.5 Å². The van der Waals surface area contributed by atoms with Gasteiger partial charge in [-0.15, -0.1) is 0 Å². The molecule has 0 saturated carbocycles. The maximum absolute atomic E-state index is 13.2. The number of para-hydroxylation sites is 1. The Bertz CT molecular complexity index is 1180. The van der Waals surface area contributed by atoms with Crippen molar-refractivity contribution in [3.05, 3.63) is 63.5 Å². The minimum atomic E-state index is -1.20. The first-order valence-electron chi connectivity index (χ1n) is 8.77. The Labute approximate surface area is 153 Å². The van der Waals surface area contributed by atoms with Gasteiger partial charge in [-0.1, -0.05) is 12.1 Å². The molecule has 136 valence electrons. The summed E-state index contributed by atoms with van der Waals surface area (Å²) < 4.78 is 1.92. The lowest BCUT2D eigenvalue weighted by atomic mass is 10.0. The van der Waals surface area contributed by atoms with Crippen LogP contribution in [0.4, 0.5) is 0 Å². The average Bonchev–Trinajstić information content (AvgIpc) is 3.30. The van der Waals surface area contributed by atoms with Gasteiger partial charge in [-0.3, -0.25) is 9.59 Å². The number of benzene rings is 1. The number of pyridine rings is 1. The molecule has 0 fully saturated rings. The molecule has 0 unspecified atom stereocenters. The van der Waals surface area contributed by atoms with Gasteiger partial charge in [-0.2, -0.15) is 0 Å². The van der Waals surface area contributed by atoms with Crippen molar-refractivity contribution in [2.24, 2.45) is 0 Å². The third-order valence-electron chi connectivity index (χ3n) is 5.45. The van der Waals surface area contributed by atoms with Gasteiger partial charge in [0.15, 0.2) is 6.04 Å². The summed E-state index contributed by atoms with van der Waals surface area (Å²) in [6.45, 7) is 0.908. The average molecular weight is 364 g/mol. The van der Waals surface area contributed by atoms with Crippen LogP contribution in [-0.4, -0.2) is 43.0 Å². The van der Waals surface area contributed by atoms with E-state index in [0.29, 0.717) is 29.7 Å². The number of nitrogens with zero attached hydrogens (tertiary/aromatic N) is 3. The zero-order valence-corrected chi connectivity index (χ0v) is 14.3. The molecule has 2 aromatic heterocycles. The van der Waals surface area contributed by atoms with Gasteiger partial charge in [0.1, 0.15) is 5.56 Å². The van der Waals surface area contributed by atoms with Crippen LogP contribution in [0, 0.1) is 0 Å². The second-order valence-electron chi connectivity index (χ2n) is 6.88. The summed E-state index contributed by atoms with van der Waals surface area (Å²) in [7, 11) is 0. The number of rotatable bonds is 2. The minimum absolute atomic E-state index is 0.00628. The van der Waals surface area contributed by atoms with Gasteiger partial charge in [0, 0.05) is 36.8 Å². The molecule has 4 heterocycles. The van der Waals surface area contributed by atoms with Crippen molar-refractivity contribution < 1.29 is 14.7 Å². The van der Waals surface area contributed by atoms with Gasteiger partial charge in [0.2, 0.25) is 5.43 Å². The molecular weight excluding hydrogens is 348 g/mol. The fraction of sp³-hybridized carbons (Fsp3) is 0.263. The highest BCUT2D eigenvalue weighted by atomic mass is 16.4. The summed E-state index contributed by atoms with van der Waals surface area (Å²) in [5, 5.41) is 10.2. The number of carboxylic acids is 1. The van der Waals surface area contributed by atoms with Crippen LogP contribution < -0.4 is 5.43 Å². The Morgan fingerprint density at radius 3 is 2.89 bits per heavy atom. The lowest BCUT2D eigenvalue weighted by Gasteiger charge is -2.32. The van der Waals surface area contributed by atoms with E-state index in [0.717, 1.165) is 17.5 Å². The highest BCUT2D eigenvalue weighted by molar-refractivity contribution is 6.00. The summed E-state index contributed by atoms with van der Waals surface area (Å²) in [5.74, 6) is -1.73. The van der Waals surface area contributed by atoms with E-state index >= 15 is 0 Å². The zero-order chi connectivity index (χ0) is 18.7. The van der Waals surface area contributed by atoms with Crippen LogP contribution in [0.1, 0.15) is 33.4 Å². The normalized spacial score (nSPS) is 17.9. The Hall–Kier alpha value is -3.42. The molecule has 8 nitrogen and oxygen atoms in total. The van der Waals surface area contributed by atoms with Crippen LogP contribution >= 0.6 is 0 Å². The summed E-state index contributed by atoms with van der Waals surface area (Å²) >= 11 is 0. The number of aliphatic carboxylic acids is 1. The summed E-state index contributed by atoms with van der Waals surface area (Å²) in [4.78, 5) is 46.3. The van der Waals surface area contributed by atoms with Gasteiger partial charge in [-0.05, 0) is 18.1 Å². The van der Waals surface area contributed by atoms with Crippen molar-refractivity contribution in [3.63, 3.8) is 0 Å². The fourth-order valence-corrected chi connectivity index (χ4v) is 4.21. The van der Waals surface area contributed by atoms with Crippen LogP contribution in [0.5, 0.6) is 0 Å². The van der Waals surface area contributed by atoms with Crippen molar-refractivity contribution >= 4 is 22.8 Å². The number of fused-ring (bicyclic) bond motifs is 1. The standard InChI is InChI=1S/C19H16N4O4/c24-17-11-3-1-2-10-4-6-22(15(10)11)8-12(17)18(25)23-7-5-13-14(21-9-20-13)16(23)19(26)27/h1-3,8-9,16H,4-7H2,(H,20,21)(H,26,27)/t16-/m1/s1. The van der Waals surface area contributed by atoms with E-state index in [1.165, 1.54) is 11.2 Å². The number of hydrogen-bond donors (Lipinski definition) is 2. The highest BCUT2D eigenvalue weighted by Crippen LogP contribution is 2.30. The highest BCUT2D eigenvalue weighted by Gasteiger charge is 2.39. The Morgan fingerprint density at radius 1 is 1.22 bits per heavy atom. The SMILES string of the molecule is O=C(O)[C@H]1c2nc[nH]c2CCN1C(=O)c1cn2c3c(cccc3c1=O)CC2. The number of carbonyl (C=O) groups excluding carboxylic acids is 1. The van der Waals surface area contributed by atoms with Gasteiger partial charge in [0.05, 0.1) is 17.5 Å². The predicted molar refractivity (Wildman–Crippen MR) is 95.6 cm³/mol. The van der Waals surface area contributed by atoms with E-state index in [4.69, 9.17) is 0 Å². The maximum atomic E-state index is 13.2. The van der Waals surface area contributed by atoms with Gasteiger partial charge >= 0.3 is 5.97 Å². The van der Waals surface area contributed by atoms with Crippen molar-refractivity contribution in [3.8, 4) is 0 Å². The molecule has 0 bridgehead atoms. The lowest BCUT2D eigenvalue weighted by molar-refractivity contribution is -0.143. The van der Waals surface area contributed by atoms with Gasteiger partial charge in [0.25, 0.3) is 5.91 Å². The topological polar surface area (TPSA) is 108 Å². The van der Waals surface area contributed by atoms with Crippen molar-refractivity contribution in [2.75, 3.05) is 6.54 Å². The molecule has 27 heavy (non-hydrogen) atoms. The van der Waals surface area contributed by atoms with E-state index in [9.17, 15) is 19.5 Å². The van der Waals surface area contributed by atoms with Crippen molar-refractivity contribution in [1.29, 1.82) is 0 Å². The molecule has 0 aliphatic carbocycles. The molecule has 2 aliphatic heterocycles. The number of aromatic amines is 1. The number of nitrogens with one attached hydrogen (secondary N) is 1. The first kappa shape index (κ1) is 15.8. The van der Waals surface area contributed by atoms with Crippen molar-refractivity contribution in [2.45, 2.75) is 25.4 Å². The number of carboxylic acid groups (broad SMARTS) is 1. The summed E-state index contributed by atoms with van der Waals surface area (Å²) in [6, 6.07) is 4.32. The first-order chi connectivity index (χ1) is 13.1. The van der Waals surface area contributed by atoms with Crippen LogP contribution in [0.25, 0.3) is 10.9 Å². The summed E-state index contributed by atoms with van der Waals surface area (Å²) in [6.07, 6.45) is 4.29. The second kappa shape index (κ2) is 5.54. The monoisotopic (exact) mass is 364 g/mol. The van der Waals surface area contributed by atoms with Crippen LogP contribution in [-0.2, 0) is 24.2 Å². The quantitative estimate of drug-likeness (QED) is 0.708. The van der Waals surface area contributed by atoms with Crippen LogP contribution in [0.3, 0.4) is 0 Å². The minimum Gasteiger partial charge on any atom is -0.479 e. The molecule has 3 aromatic rings. The molecule has 2 aliphatic rings. The molecule has 2 N–H and O–H groups in total. The molecule has 1 amide bonds. The van der Waals surface area contributed by atoms with E-state index in [2.05, 4.69) is 9.97 Å². The third-order valence-corrected chi connectivity index (χ3v) is 5.45. The lowest BCUT2D eigenvalue weighted by Crippen LogP contribution is -2.45. The number of aryl methyl sites for hydroxylation is 2. The molecular formula is C19H16N4O4. The number of hydrogen-bond acceptors (Lipinski definition) is 4. The zero-order valence-electron chi connectivity index (χ0n) is 14.3. The predicted octanol–water partition coefficient (Wildman–Crippen LogP) is 1.10. The molecule has 0 radical (unpaired) electrons. The molecule has 0 saturated heterocycles. The second-order valence-corrected chi connectivity index (χ2v) is 6.88. The van der Waals surface area contributed by atoms with E-state index in [1.54, 1.807) is 12.3 Å². The Morgan fingerprint density at radius 2 is 2.07 bits per heavy atom. The Kier molecular flexibility index (Phi) is 3.24. The number of aromatic nitrogens is 3. The number of H-pyrrole nitrogens is 1. The number of carbonyl (C=O) groups is 2. The maximum Gasteiger partial charge on any atom is 0.332 e. The first-order valence-corrected chi connectivity index (χ1v) is 8.77. The van der Waals surface area contributed by atoms with Crippen LogP contribution in [0.2, 0.25) is 0 Å². The fourth-order valence-electron chi connectivity index (χ4n) is 4.21. The number of amides is 1. The van der Waals surface area contributed by atoms with Gasteiger partial charge < -0.3 is 19.6 Å². The largest absolute Gasteiger partial charge is 0.479 e. The smallest absolute Gasteiger partial charge is 0.332 e. The number of imidazole rings is 1. The van der Waals surface area contributed by atoms with E-state index < -0.39 is 17.9 Å². The molecule has 5 rings (SSSR count). The van der Waals surface area contributed by atoms with Crippen LogP contribution in [0.15, 0.2) is 35.5 Å². The molecule has 0 spiro atoms. The summed E-state index contributed by atoms with van der Waals surface area (Å²) in [5.41, 5.74) is 2.65. The Balaban J connectivity index is 1.64. The molecule has 1 aromatic carbocycles. The van der Waals surface area contributed by atoms with E-state index in [1.807, 2.05) is 16.7 Å². The van der Waals surface area contributed by atoms with Gasteiger partial charge in [-0.25, -0.2) is 9.78 Å². The van der Waals surface area contributed by atoms with Crippen molar-refractivity contribution in [1.82, 2.24) is 19.4 Å². The third kappa shape index (κ3) is 2.16. The molecule has 1 atom stereocenters.